The van der Waals surface area contributed by atoms with E-state index in [4.69, 9.17) is 4.74 Å². The number of ether oxygens (including phenoxy) is 1. The SMILES string of the molecule is CC1(C(=O)OCc2ccccc2)CC(=O)CCC1=O. The van der Waals surface area contributed by atoms with Gasteiger partial charge in [-0.1, -0.05) is 30.3 Å². The fourth-order valence-electron chi connectivity index (χ4n) is 2.18. The second-order valence-electron chi connectivity index (χ2n) is 5.03. The van der Waals surface area contributed by atoms with E-state index in [2.05, 4.69) is 0 Å². The van der Waals surface area contributed by atoms with Crippen molar-refractivity contribution in [1.29, 1.82) is 0 Å². The Bertz CT molecular complexity index is 506. The molecular weight excluding hydrogens is 244 g/mol. The van der Waals surface area contributed by atoms with Crippen molar-refractivity contribution in [1.82, 2.24) is 0 Å². The van der Waals surface area contributed by atoms with Crippen LogP contribution in [0.25, 0.3) is 0 Å². The van der Waals surface area contributed by atoms with Gasteiger partial charge in [-0.25, -0.2) is 0 Å². The maximum Gasteiger partial charge on any atom is 0.320 e. The largest absolute Gasteiger partial charge is 0.460 e. The quantitative estimate of drug-likeness (QED) is 0.616. The molecule has 19 heavy (non-hydrogen) atoms. The molecular formula is C15H16O4. The minimum absolute atomic E-state index is 0.0422. The molecule has 4 nitrogen and oxygen atoms in total. The molecule has 1 fully saturated rings. The monoisotopic (exact) mass is 260 g/mol. The molecule has 0 aliphatic heterocycles. The van der Waals surface area contributed by atoms with Gasteiger partial charge in [0.2, 0.25) is 0 Å². The Morgan fingerprint density at radius 2 is 1.89 bits per heavy atom. The van der Waals surface area contributed by atoms with E-state index in [0.717, 1.165) is 5.56 Å². The predicted molar refractivity (Wildman–Crippen MR) is 68.2 cm³/mol. The lowest BCUT2D eigenvalue weighted by Gasteiger charge is -2.28. The van der Waals surface area contributed by atoms with Gasteiger partial charge in [0.1, 0.15) is 17.8 Å². The van der Waals surface area contributed by atoms with Crippen molar-refractivity contribution >= 4 is 17.5 Å². The third kappa shape index (κ3) is 2.89. The highest BCUT2D eigenvalue weighted by Crippen LogP contribution is 2.32. The molecule has 0 aromatic heterocycles. The molecule has 1 atom stereocenters. The molecule has 0 heterocycles. The minimum Gasteiger partial charge on any atom is -0.460 e. The van der Waals surface area contributed by atoms with E-state index in [1.54, 1.807) is 0 Å². The Kier molecular flexibility index (Phi) is 3.79. The van der Waals surface area contributed by atoms with Crippen molar-refractivity contribution in [3.8, 4) is 0 Å². The third-order valence-electron chi connectivity index (χ3n) is 3.46. The highest BCUT2D eigenvalue weighted by atomic mass is 16.5. The first kappa shape index (κ1) is 13.5. The molecule has 0 bridgehead atoms. The maximum absolute atomic E-state index is 12.1. The van der Waals surface area contributed by atoms with Crippen LogP contribution in [0, 0.1) is 5.41 Å². The average molecular weight is 260 g/mol. The van der Waals surface area contributed by atoms with Gasteiger partial charge in [-0.3, -0.25) is 14.4 Å². The van der Waals surface area contributed by atoms with E-state index >= 15 is 0 Å². The molecule has 100 valence electrons. The van der Waals surface area contributed by atoms with Crippen molar-refractivity contribution in [3.63, 3.8) is 0 Å². The Labute approximate surface area is 111 Å². The zero-order valence-electron chi connectivity index (χ0n) is 10.8. The molecule has 1 aromatic carbocycles. The molecule has 1 aromatic rings. The standard InChI is InChI=1S/C15H16O4/c1-15(9-12(16)7-8-13(15)17)14(18)19-10-11-5-3-2-4-6-11/h2-6H,7-10H2,1H3. The van der Waals surface area contributed by atoms with Gasteiger partial charge in [-0.05, 0) is 12.5 Å². The summed E-state index contributed by atoms with van der Waals surface area (Å²) >= 11 is 0. The second kappa shape index (κ2) is 5.34. The van der Waals surface area contributed by atoms with Crippen molar-refractivity contribution in [2.24, 2.45) is 5.41 Å². The van der Waals surface area contributed by atoms with E-state index in [1.165, 1.54) is 6.92 Å². The van der Waals surface area contributed by atoms with Crippen LogP contribution in [0.2, 0.25) is 0 Å². The molecule has 0 N–H and O–H groups in total. The zero-order valence-corrected chi connectivity index (χ0v) is 10.8. The lowest BCUT2D eigenvalue weighted by molar-refractivity contribution is -0.164. The molecule has 0 saturated heterocycles. The Morgan fingerprint density at radius 3 is 2.58 bits per heavy atom. The first-order chi connectivity index (χ1) is 9.02. The molecule has 0 radical (unpaired) electrons. The number of rotatable bonds is 3. The molecule has 0 spiro atoms. The highest BCUT2D eigenvalue weighted by Gasteiger charge is 2.46. The smallest absolute Gasteiger partial charge is 0.320 e. The summed E-state index contributed by atoms with van der Waals surface area (Å²) < 4.78 is 5.18. The van der Waals surface area contributed by atoms with Crippen molar-refractivity contribution in [3.05, 3.63) is 35.9 Å². The van der Waals surface area contributed by atoms with Crippen LogP contribution in [0.15, 0.2) is 30.3 Å². The van der Waals surface area contributed by atoms with Gasteiger partial charge >= 0.3 is 5.97 Å². The summed E-state index contributed by atoms with van der Waals surface area (Å²) in [7, 11) is 0. The maximum atomic E-state index is 12.1. The summed E-state index contributed by atoms with van der Waals surface area (Å²) in [6.07, 6.45) is 0.329. The van der Waals surface area contributed by atoms with Crippen LogP contribution >= 0.6 is 0 Å². The summed E-state index contributed by atoms with van der Waals surface area (Å²) in [4.78, 5) is 35.4. The average Bonchev–Trinajstić information content (AvgIpc) is 2.41. The van der Waals surface area contributed by atoms with Crippen LogP contribution in [0.3, 0.4) is 0 Å². The van der Waals surface area contributed by atoms with E-state index in [0.29, 0.717) is 0 Å². The summed E-state index contributed by atoms with van der Waals surface area (Å²) in [6, 6.07) is 9.24. The third-order valence-corrected chi connectivity index (χ3v) is 3.46. The van der Waals surface area contributed by atoms with E-state index in [-0.39, 0.29) is 37.4 Å². The number of hydrogen-bond donors (Lipinski definition) is 0. The second-order valence-corrected chi connectivity index (χ2v) is 5.03. The molecule has 1 saturated carbocycles. The van der Waals surface area contributed by atoms with Crippen LogP contribution in [0.1, 0.15) is 31.7 Å². The lowest BCUT2D eigenvalue weighted by atomic mass is 9.74. The number of carbonyl (C=O) groups excluding carboxylic acids is 3. The highest BCUT2D eigenvalue weighted by molar-refractivity contribution is 6.09. The van der Waals surface area contributed by atoms with Crippen molar-refractivity contribution in [2.75, 3.05) is 0 Å². The molecule has 1 unspecified atom stereocenters. The first-order valence-electron chi connectivity index (χ1n) is 6.28. The van der Waals surface area contributed by atoms with Crippen molar-refractivity contribution in [2.45, 2.75) is 32.8 Å². The summed E-state index contributed by atoms with van der Waals surface area (Å²) in [5.74, 6) is -0.863. The minimum atomic E-state index is -1.30. The number of Topliss-reactive ketones (excluding diaryl/α,β-unsaturated/α-hetero) is 2. The van der Waals surface area contributed by atoms with Crippen LogP contribution in [0.5, 0.6) is 0 Å². The van der Waals surface area contributed by atoms with Crippen LogP contribution < -0.4 is 0 Å². The molecule has 1 aliphatic rings. The van der Waals surface area contributed by atoms with Crippen LogP contribution in [0.4, 0.5) is 0 Å². The van der Waals surface area contributed by atoms with Gasteiger partial charge in [0, 0.05) is 19.3 Å². The van der Waals surface area contributed by atoms with Gasteiger partial charge < -0.3 is 4.74 Å². The van der Waals surface area contributed by atoms with Crippen molar-refractivity contribution < 1.29 is 19.1 Å². The number of benzene rings is 1. The van der Waals surface area contributed by atoms with Gasteiger partial charge in [-0.2, -0.15) is 0 Å². The van der Waals surface area contributed by atoms with Crippen LogP contribution in [-0.2, 0) is 25.7 Å². The van der Waals surface area contributed by atoms with Gasteiger partial charge in [0.15, 0.2) is 5.78 Å². The van der Waals surface area contributed by atoms with Gasteiger partial charge in [-0.15, -0.1) is 0 Å². The van der Waals surface area contributed by atoms with Gasteiger partial charge in [0.05, 0.1) is 0 Å². The Balaban J connectivity index is 2.02. The topological polar surface area (TPSA) is 60.4 Å². The first-order valence-corrected chi connectivity index (χ1v) is 6.28. The zero-order chi connectivity index (χ0) is 13.9. The summed E-state index contributed by atoms with van der Waals surface area (Å²) in [5.41, 5.74) is -0.446. The fourth-order valence-corrected chi connectivity index (χ4v) is 2.18. The van der Waals surface area contributed by atoms with E-state index in [1.807, 2.05) is 30.3 Å². The van der Waals surface area contributed by atoms with E-state index < -0.39 is 11.4 Å². The number of esters is 1. The Hall–Kier alpha value is -1.97. The Morgan fingerprint density at radius 1 is 1.21 bits per heavy atom. The number of hydrogen-bond acceptors (Lipinski definition) is 4. The lowest BCUT2D eigenvalue weighted by Crippen LogP contribution is -2.43. The normalized spacial score (nSPS) is 23.2. The van der Waals surface area contributed by atoms with Crippen LogP contribution in [-0.4, -0.2) is 17.5 Å². The van der Waals surface area contributed by atoms with Gasteiger partial charge in [0.25, 0.3) is 0 Å². The molecule has 0 amide bonds. The van der Waals surface area contributed by atoms with E-state index in [9.17, 15) is 14.4 Å². The summed E-state index contributed by atoms with van der Waals surface area (Å²) in [5, 5.41) is 0. The number of ketones is 2. The predicted octanol–water partition coefficient (Wildman–Crippen LogP) is 2.06. The molecule has 4 heteroatoms. The molecule has 2 rings (SSSR count). The fraction of sp³-hybridized carbons (Fsp3) is 0.400. The number of carbonyl (C=O) groups is 3. The summed E-state index contributed by atoms with van der Waals surface area (Å²) in [6.45, 7) is 1.62. The molecule has 1 aliphatic carbocycles.